The van der Waals surface area contributed by atoms with Gasteiger partial charge in [0.2, 0.25) is 0 Å². The average Bonchev–Trinajstić information content (AvgIpc) is 2.90. The highest BCUT2D eigenvalue weighted by Crippen LogP contribution is 2.39. The number of alkyl halides is 3. The molecule has 0 saturated carbocycles. The van der Waals surface area contributed by atoms with Crippen LogP contribution in [0.5, 0.6) is 5.75 Å². The molecule has 6 heteroatoms. The third kappa shape index (κ3) is 3.12. The molecular formula is C18H19F3N2O. The highest BCUT2D eigenvalue weighted by atomic mass is 19.4. The van der Waals surface area contributed by atoms with Crippen molar-refractivity contribution in [2.24, 2.45) is 5.73 Å². The number of nitrogens with two attached hydrogens (primary N) is 1. The summed E-state index contributed by atoms with van der Waals surface area (Å²) in [5.74, 6) is 0.764. The Bertz CT molecular complexity index is 730. The van der Waals surface area contributed by atoms with Crippen LogP contribution in [0.15, 0.2) is 42.5 Å². The average molecular weight is 336 g/mol. The van der Waals surface area contributed by atoms with Crippen LogP contribution in [-0.2, 0) is 19.3 Å². The third-order valence-corrected chi connectivity index (χ3v) is 4.44. The van der Waals surface area contributed by atoms with E-state index in [1.54, 1.807) is 13.2 Å². The number of hydrogen-bond donors (Lipinski definition) is 1. The number of rotatable bonds is 4. The predicted molar refractivity (Wildman–Crippen MR) is 85.5 cm³/mol. The number of nitrogens with zero attached hydrogens (tertiary/aromatic N) is 1. The SMILES string of the molecule is COc1ccccc1CN1Cc2ccc(C(F)(F)F)cc2C1CN. The summed E-state index contributed by atoms with van der Waals surface area (Å²) in [5, 5.41) is 0. The molecule has 2 aromatic carbocycles. The molecule has 0 bridgehead atoms. The summed E-state index contributed by atoms with van der Waals surface area (Å²) in [5.41, 5.74) is 7.80. The van der Waals surface area contributed by atoms with E-state index in [0.717, 1.165) is 22.9 Å². The Balaban J connectivity index is 1.89. The summed E-state index contributed by atoms with van der Waals surface area (Å²) in [6.07, 6.45) is -4.34. The maximum absolute atomic E-state index is 13.0. The minimum Gasteiger partial charge on any atom is -0.496 e. The van der Waals surface area contributed by atoms with E-state index in [1.807, 2.05) is 24.3 Å². The number of hydrogen-bond acceptors (Lipinski definition) is 3. The number of fused-ring (bicyclic) bond motifs is 1. The monoisotopic (exact) mass is 336 g/mol. The van der Waals surface area contributed by atoms with Crippen LogP contribution in [0.1, 0.15) is 28.3 Å². The first-order valence-corrected chi connectivity index (χ1v) is 7.70. The van der Waals surface area contributed by atoms with Crippen LogP contribution in [-0.4, -0.2) is 18.6 Å². The van der Waals surface area contributed by atoms with Crippen LogP contribution >= 0.6 is 0 Å². The van der Waals surface area contributed by atoms with Gasteiger partial charge in [0, 0.05) is 31.2 Å². The van der Waals surface area contributed by atoms with Crippen molar-refractivity contribution >= 4 is 0 Å². The van der Waals surface area contributed by atoms with Gasteiger partial charge in [0.15, 0.2) is 0 Å². The molecule has 1 atom stereocenters. The molecule has 0 aliphatic carbocycles. The molecular weight excluding hydrogens is 317 g/mol. The largest absolute Gasteiger partial charge is 0.496 e. The predicted octanol–water partition coefficient (Wildman–Crippen LogP) is 3.73. The van der Waals surface area contributed by atoms with E-state index < -0.39 is 11.7 Å². The maximum atomic E-state index is 13.0. The smallest absolute Gasteiger partial charge is 0.416 e. The lowest BCUT2D eigenvalue weighted by Gasteiger charge is -2.24. The maximum Gasteiger partial charge on any atom is 0.416 e. The van der Waals surface area contributed by atoms with Gasteiger partial charge in [-0.2, -0.15) is 13.2 Å². The van der Waals surface area contributed by atoms with Crippen molar-refractivity contribution in [3.8, 4) is 5.75 Å². The first-order chi connectivity index (χ1) is 11.4. The third-order valence-electron chi connectivity index (χ3n) is 4.44. The second-order valence-electron chi connectivity index (χ2n) is 5.88. The van der Waals surface area contributed by atoms with Crippen molar-refractivity contribution < 1.29 is 17.9 Å². The molecule has 3 rings (SSSR count). The lowest BCUT2D eigenvalue weighted by atomic mass is 10.0. The molecule has 0 amide bonds. The lowest BCUT2D eigenvalue weighted by Crippen LogP contribution is -2.27. The van der Waals surface area contributed by atoms with Crippen LogP contribution in [0.2, 0.25) is 0 Å². The summed E-state index contributed by atoms with van der Waals surface area (Å²) in [4.78, 5) is 2.09. The van der Waals surface area contributed by atoms with Gasteiger partial charge in [0.05, 0.1) is 12.7 Å². The van der Waals surface area contributed by atoms with E-state index in [4.69, 9.17) is 10.5 Å². The van der Waals surface area contributed by atoms with E-state index in [2.05, 4.69) is 4.90 Å². The summed E-state index contributed by atoms with van der Waals surface area (Å²) >= 11 is 0. The van der Waals surface area contributed by atoms with Crippen LogP contribution < -0.4 is 10.5 Å². The normalized spacial score (nSPS) is 17.8. The zero-order valence-electron chi connectivity index (χ0n) is 13.3. The molecule has 1 unspecified atom stereocenters. The second-order valence-corrected chi connectivity index (χ2v) is 5.88. The molecule has 0 spiro atoms. The Hall–Kier alpha value is -2.05. The molecule has 2 aromatic rings. The summed E-state index contributed by atoms with van der Waals surface area (Å²) in [6, 6.07) is 11.3. The van der Waals surface area contributed by atoms with Gasteiger partial charge in [-0.05, 0) is 29.3 Å². The minimum absolute atomic E-state index is 0.229. The zero-order valence-corrected chi connectivity index (χ0v) is 13.3. The number of methoxy groups -OCH3 is 1. The number of halogens is 3. The first kappa shape index (κ1) is 16.8. The van der Waals surface area contributed by atoms with Crippen LogP contribution in [0.25, 0.3) is 0 Å². The topological polar surface area (TPSA) is 38.5 Å². The minimum atomic E-state index is -4.34. The van der Waals surface area contributed by atoms with E-state index >= 15 is 0 Å². The molecule has 0 fully saturated rings. The fourth-order valence-corrected chi connectivity index (χ4v) is 3.25. The number of ether oxygens (including phenoxy) is 1. The van der Waals surface area contributed by atoms with E-state index in [0.29, 0.717) is 18.7 Å². The van der Waals surface area contributed by atoms with Crippen LogP contribution in [0, 0.1) is 0 Å². The van der Waals surface area contributed by atoms with Crippen molar-refractivity contribution in [1.29, 1.82) is 0 Å². The van der Waals surface area contributed by atoms with Crippen LogP contribution in [0.3, 0.4) is 0 Å². The van der Waals surface area contributed by atoms with Crippen molar-refractivity contribution in [1.82, 2.24) is 4.90 Å². The van der Waals surface area contributed by atoms with E-state index in [-0.39, 0.29) is 12.6 Å². The number of benzene rings is 2. The fraction of sp³-hybridized carbons (Fsp3) is 0.333. The quantitative estimate of drug-likeness (QED) is 0.925. The van der Waals surface area contributed by atoms with Crippen molar-refractivity contribution in [2.45, 2.75) is 25.3 Å². The van der Waals surface area contributed by atoms with E-state index in [1.165, 1.54) is 6.07 Å². The summed E-state index contributed by atoms with van der Waals surface area (Å²) in [7, 11) is 1.60. The van der Waals surface area contributed by atoms with Crippen molar-refractivity contribution in [3.63, 3.8) is 0 Å². The highest BCUT2D eigenvalue weighted by Gasteiger charge is 2.35. The van der Waals surface area contributed by atoms with Crippen molar-refractivity contribution in [3.05, 3.63) is 64.7 Å². The molecule has 128 valence electrons. The molecule has 3 nitrogen and oxygen atoms in total. The molecule has 1 heterocycles. The van der Waals surface area contributed by atoms with Crippen molar-refractivity contribution in [2.75, 3.05) is 13.7 Å². The molecule has 0 aromatic heterocycles. The number of para-hydroxylation sites is 1. The van der Waals surface area contributed by atoms with Gasteiger partial charge in [-0.25, -0.2) is 0 Å². The Kier molecular flexibility index (Phi) is 4.51. The molecule has 0 saturated heterocycles. The fourth-order valence-electron chi connectivity index (χ4n) is 3.25. The van der Waals surface area contributed by atoms with Gasteiger partial charge >= 0.3 is 6.18 Å². The Morgan fingerprint density at radius 2 is 1.96 bits per heavy atom. The Morgan fingerprint density at radius 1 is 1.21 bits per heavy atom. The van der Waals surface area contributed by atoms with E-state index in [9.17, 15) is 13.2 Å². The zero-order chi connectivity index (χ0) is 17.3. The van der Waals surface area contributed by atoms with Gasteiger partial charge in [-0.3, -0.25) is 4.90 Å². The molecule has 1 aliphatic rings. The van der Waals surface area contributed by atoms with Crippen LogP contribution in [0.4, 0.5) is 13.2 Å². The first-order valence-electron chi connectivity index (χ1n) is 7.70. The molecule has 2 N–H and O–H groups in total. The standard InChI is InChI=1S/C18H19F3N2O/c1-24-17-5-3-2-4-13(17)11-23-10-12-6-7-14(18(19,20)21)8-15(12)16(23)9-22/h2-8,16H,9-11,22H2,1H3. The second kappa shape index (κ2) is 6.45. The highest BCUT2D eigenvalue weighted by molar-refractivity contribution is 5.40. The lowest BCUT2D eigenvalue weighted by molar-refractivity contribution is -0.137. The van der Waals surface area contributed by atoms with Gasteiger partial charge in [-0.15, -0.1) is 0 Å². The molecule has 0 radical (unpaired) electrons. The Morgan fingerprint density at radius 3 is 2.62 bits per heavy atom. The van der Waals surface area contributed by atoms with Gasteiger partial charge < -0.3 is 10.5 Å². The van der Waals surface area contributed by atoms with Gasteiger partial charge in [-0.1, -0.05) is 24.3 Å². The van der Waals surface area contributed by atoms with Gasteiger partial charge in [0.25, 0.3) is 0 Å². The summed E-state index contributed by atoms with van der Waals surface area (Å²) < 4.78 is 44.3. The van der Waals surface area contributed by atoms with Gasteiger partial charge in [0.1, 0.15) is 5.75 Å². The summed E-state index contributed by atoms with van der Waals surface area (Å²) in [6.45, 7) is 1.42. The molecule has 1 aliphatic heterocycles. The Labute approximate surface area is 138 Å². The molecule has 24 heavy (non-hydrogen) atoms.